The number of hydrogen-bond acceptors (Lipinski definition) is 3. The van der Waals surface area contributed by atoms with E-state index in [0.29, 0.717) is 5.92 Å². The zero-order valence-corrected chi connectivity index (χ0v) is 12.2. The number of rotatable bonds is 4. The normalized spacial score (nSPS) is 22.3. The molecule has 1 amide bonds. The van der Waals surface area contributed by atoms with Crippen LogP contribution < -0.4 is 4.72 Å². The maximum Gasteiger partial charge on any atom is 0.237 e. The fraction of sp³-hybridized carbons (Fsp3) is 0.500. The molecule has 0 saturated heterocycles. The van der Waals surface area contributed by atoms with E-state index >= 15 is 0 Å². The van der Waals surface area contributed by atoms with E-state index in [4.69, 9.17) is 0 Å². The zero-order chi connectivity index (χ0) is 14.2. The number of carbonyl (C=O) groups is 1. The summed E-state index contributed by atoms with van der Waals surface area (Å²) < 4.78 is 24.1. The molecule has 1 aromatic rings. The van der Waals surface area contributed by atoms with Gasteiger partial charge >= 0.3 is 0 Å². The summed E-state index contributed by atoms with van der Waals surface area (Å²) in [5.41, 5.74) is 2.37. The first-order valence-electron chi connectivity index (χ1n) is 6.39. The maximum atomic E-state index is 11.7. The van der Waals surface area contributed by atoms with Crippen molar-refractivity contribution in [3.8, 4) is 0 Å². The minimum absolute atomic E-state index is 0.156. The Bertz CT molecular complexity index is 575. The van der Waals surface area contributed by atoms with Crippen molar-refractivity contribution >= 4 is 15.9 Å². The van der Waals surface area contributed by atoms with Gasteiger partial charge in [-0.15, -0.1) is 0 Å². The largest absolute Gasteiger partial charge is 0.274 e. The predicted octanol–water partition coefficient (Wildman–Crippen LogP) is 1.99. The molecule has 2 rings (SSSR count). The number of amides is 1. The lowest BCUT2D eigenvalue weighted by Crippen LogP contribution is -2.30. The van der Waals surface area contributed by atoms with E-state index in [9.17, 15) is 13.2 Å². The van der Waals surface area contributed by atoms with Crippen LogP contribution >= 0.6 is 0 Å². The van der Waals surface area contributed by atoms with Crippen LogP contribution in [-0.4, -0.2) is 20.6 Å². The Morgan fingerprint density at radius 3 is 2.32 bits per heavy atom. The molecule has 104 valence electrons. The maximum absolute atomic E-state index is 11.7. The Labute approximate surface area is 114 Å². The molecule has 1 aromatic carbocycles. The molecule has 1 N–H and O–H groups in total. The summed E-state index contributed by atoms with van der Waals surface area (Å²) in [5.74, 6) is 0.0422. The smallest absolute Gasteiger partial charge is 0.237 e. The second-order valence-electron chi connectivity index (χ2n) is 5.51. The first-order valence-corrected chi connectivity index (χ1v) is 8.28. The summed E-state index contributed by atoms with van der Waals surface area (Å²) >= 11 is 0. The molecule has 4 nitrogen and oxygen atoms in total. The fourth-order valence-electron chi connectivity index (χ4n) is 2.24. The van der Waals surface area contributed by atoms with Crippen molar-refractivity contribution in [2.45, 2.75) is 32.1 Å². The lowest BCUT2D eigenvalue weighted by Gasteiger charge is -2.07. The first kappa shape index (κ1) is 14.1. The molecular weight excluding hydrogens is 262 g/mol. The summed E-state index contributed by atoms with van der Waals surface area (Å²) in [6, 6.07) is 8.22. The molecule has 2 atom stereocenters. The number of carbonyl (C=O) groups excluding carboxylic acids is 1. The van der Waals surface area contributed by atoms with E-state index in [1.165, 1.54) is 5.56 Å². The molecule has 0 aliphatic heterocycles. The van der Waals surface area contributed by atoms with Gasteiger partial charge in [-0.1, -0.05) is 38.1 Å². The van der Waals surface area contributed by atoms with Crippen LogP contribution in [0.15, 0.2) is 24.3 Å². The van der Waals surface area contributed by atoms with Gasteiger partial charge in [-0.25, -0.2) is 8.42 Å². The Kier molecular flexibility index (Phi) is 3.67. The average molecular weight is 281 g/mol. The van der Waals surface area contributed by atoms with E-state index in [0.717, 1.165) is 18.2 Å². The molecule has 0 heterocycles. The van der Waals surface area contributed by atoms with Crippen molar-refractivity contribution in [2.24, 2.45) is 5.92 Å². The van der Waals surface area contributed by atoms with Gasteiger partial charge in [0.1, 0.15) is 0 Å². The Balaban J connectivity index is 2.01. The third-order valence-corrected chi connectivity index (χ3v) is 4.02. The van der Waals surface area contributed by atoms with E-state index in [-0.39, 0.29) is 17.7 Å². The molecule has 0 radical (unpaired) electrons. The predicted molar refractivity (Wildman–Crippen MR) is 74.4 cm³/mol. The lowest BCUT2D eigenvalue weighted by atomic mass is 10.00. The second kappa shape index (κ2) is 4.96. The molecule has 5 heteroatoms. The standard InChI is InChI=1S/C14H19NO3S/c1-9(2)10-4-6-11(7-5-10)12-8-13(12)14(16)15-19(3,17)18/h4-7,9,12-13H,8H2,1-3H3,(H,15,16)/t12-,13-/m0/s1. The quantitative estimate of drug-likeness (QED) is 0.918. The van der Waals surface area contributed by atoms with Crippen LogP contribution in [0.1, 0.15) is 43.2 Å². The molecular formula is C14H19NO3S. The van der Waals surface area contributed by atoms with E-state index in [1.54, 1.807) is 0 Å². The highest BCUT2D eigenvalue weighted by Gasteiger charge is 2.44. The molecule has 1 aliphatic rings. The van der Waals surface area contributed by atoms with Gasteiger partial charge in [0.15, 0.2) is 0 Å². The van der Waals surface area contributed by atoms with Gasteiger partial charge in [-0.3, -0.25) is 9.52 Å². The van der Waals surface area contributed by atoms with Crippen molar-refractivity contribution in [3.63, 3.8) is 0 Å². The van der Waals surface area contributed by atoms with Crippen molar-refractivity contribution in [2.75, 3.05) is 6.26 Å². The van der Waals surface area contributed by atoms with Gasteiger partial charge < -0.3 is 0 Å². The van der Waals surface area contributed by atoms with Crippen LogP contribution in [0.2, 0.25) is 0 Å². The van der Waals surface area contributed by atoms with E-state index < -0.39 is 10.0 Å². The lowest BCUT2D eigenvalue weighted by molar-refractivity contribution is -0.120. The Morgan fingerprint density at radius 2 is 1.84 bits per heavy atom. The van der Waals surface area contributed by atoms with Crippen LogP contribution in [0, 0.1) is 5.92 Å². The number of hydrogen-bond donors (Lipinski definition) is 1. The minimum atomic E-state index is -3.45. The fourth-order valence-corrected chi connectivity index (χ4v) is 2.76. The van der Waals surface area contributed by atoms with Gasteiger partial charge in [0.2, 0.25) is 15.9 Å². The highest BCUT2D eigenvalue weighted by molar-refractivity contribution is 7.89. The monoisotopic (exact) mass is 281 g/mol. The summed E-state index contributed by atoms with van der Waals surface area (Å²) in [7, 11) is -3.45. The van der Waals surface area contributed by atoms with Crippen LogP contribution in [0.3, 0.4) is 0 Å². The van der Waals surface area contributed by atoms with Gasteiger partial charge in [-0.05, 0) is 29.4 Å². The Morgan fingerprint density at radius 1 is 1.26 bits per heavy atom. The average Bonchev–Trinajstić information content (AvgIpc) is 3.06. The SMILES string of the molecule is CC(C)c1ccc([C@@H]2C[C@@H]2C(=O)NS(C)(=O)=O)cc1. The summed E-state index contributed by atoms with van der Waals surface area (Å²) in [6.45, 7) is 4.27. The van der Waals surface area contributed by atoms with E-state index in [1.807, 2.05) is 16.9 Å². The Hall–Kier alpha value is -1.36. The van der Waals surface area contributed by atoms with Gasteiger partial charge in [0.05, 0.1) is 6.26 Å². The van der Waals surface area contributed by atoms with Crippen molar-refractivity contribution < 1.29 is 13.2 Å². The molecule has 1 aliphatic carbocycles. The third-order valence-electron chi connectivity index (χ3n) is 3.44. The summed E-state index contributed by atoms with van der Waals surface area (Å²) in [4.78, 5) is 11.7. The van der Waals surface area contributed by atoms with E-state index in [2.05, 4.69) is 26.0 Å². The van der Waals surface area contributed by atoms with Crippen LogP contribution in [-0.2, 0) is 14.8 Å². The second-order valence-corrected chi connectivity index (χ2v) is 7.26. The molecule has 0 aromatic heterocycles. The number of sulfonamides is 1. The minimum Gasteiger partial charge on any atom is -0.274 e. The number of nitrogens with one attached hydrogen (secondary N) is 1. The van der Waals surface area contributed by atoms with Crippen LogP contribution in [0.25, 0.3) is 0 Å². The molecule has 1 fully saturated rings. The molecule has 0 spiro atoms. The van der Waals surface area contributed by atoms with Gasteiger partial charge in [-0.2, -0.15) is 0 Å². The first-order chi connectivity index (χ1) is 8.78. The number of benzene rings is 1. The summed E-state index contributed by atoms with van der Waals surface area (Å²) in [5, 5.41) is 0. The summed E-state index contributed by atoms with van der Waals surface area (Å²) in [6.07, 6.45) is 1.72. The molecule has 19 heavy (non-hydrogen) atoms. The van der Waals surface area contributed by atoms with Crippen molar-refractivity contribution in [3.05, 3.63) is 35.4 Å². The third kappa shape index (κ3) is 3.56. The van der Waals surface area contributed by atoms with Crippen LogP contribution in [0.4, 0.5) is 0 Å². The molecule has 1 saturated carbocycles. The molecule has 0 unspecified atom stereocenters. The topological polar surface area (TPSA) is 63.2 Å². The highest BCUT2D eigenvalue weighted by atomic mass is 32.2. The zero-order valence-electron chi connectivity index (χ0n) is 11.4. The van der Waals surface area contributed by atoms with Crippen molar-refractivity contribution in [1.29, 1.82) is 0 Å². The van der Waals surface area contributed by atoms with Crippen LogP contribution in [0.5, 0.6) is 0 Å². The highest BCUT2D eigenvalue weighted by Crippen LogP contribution is 2.47. The van der Waals surface area contributed by atoms with Gasteiger partial charge in [0, 0.05) is 5.92 Å². The molecule has 0 bridgehead atoms. The van der Waals surface area contributed by atoms with Gasteiger partial charge in [0.25, 0.3) is 0 Å². The van der Waals surface area contributed by atoms with Crippen molar-refractivity contribution in [1.82, 2.24) is 4.72 Å².